The molecule has 0 saturated heterocycles. The normalized spacial score (nSPS) is 19.9. The van der Waals surface area contributed by atoms with Gasteiger partial charge in [0.2, 0.25) is 10.0 Å². The minimum Gasteiger partial charge on any atom is -0.394 e. The largest absolute Gasteiger partial charge is 0.394 e. The molecule has 4 rings (SSSR count). The van der Waals surface area contributed by atoms with E-state index >= 15 is 0 Å². The first-order chi connectivity index (χ1) is 17.2. The van der Waals surface area contributed by atoms with Crippen molar-refractivity contribution in [1.82, 2.24) is 9.21 Å². The van der Waals surface area contributed by atoms with Crippen molar-refractivity contribution in [3.63, 3.8) is 0 Å². The van der Waals surface area contributed by atoms with E-state index in [0.29, 0.717) is 12.1 Å². The monoisotopic (exact) mass is 528 g/mol. The Morgan fingerprint density at radius 3 is 2.44 bits per heavy atom. The number of nitrogens with zero attached hydrogens (tertiary/aromatic N) is 2. The zero-order chi connectivity index (χ0) is 25.9. The summed E-state index contributed by atoms with van der Waals surface area (Å²) in [6.07, 6.45) is -0.487. The molecular formula is C27H32N2O5S2. The lowest BCUT2D eigenvalue weighted by Gasteiger charge is -2.34. The third-order valence-electron chi connectivity index (χ3n) is 6.73. The van der Waals surface area contributed by atoms with Crippen molar-refractivity contribution in [2.24, 2.45) is 5.92 Å². The Bertz CT molecular complexity index is 1290. The fraction of sp³-hybridized carbons (Fsp3) is 0.370. The number of aliphatic hydroxyl groups excluding tert-OH is 1. The second-order valence-corrected chi connectivity index (χ2v) is 12.1. The summed E-state index contributed by atoms with van der Waals surface area (Å²) in [4.78, 5) is 15.8. The van der Waals surface area contributed by atoms with E-state index in [1.54, 1.807) is 28.8 Å². The van der Waals surface area contributed by atoms with Crippen LogP contribution in [0.5, 0.6) is 0 Å². The van der Waals surface area contributed by atoms with Crippen LogP contribution in [0, 0.1) is 5.92 Å². The molecule has 36 heavy (non-hydrogen) atoms. The number of rotatable bonds is 6. The van der Waals surface area contributed by atoms with Gasteiger partial charge in [-0.15, -0.1) is 0 Å². The molecule has 1 N–H and O–H groups in total. The van der Waals surface area contributed by atoms with Crippen molar-refractivity contribution in [2.45, 2.75) is 37.5 Å². The van der Waals surface area contributed by atoms with Crippen LogP contribution in [-0.4, -0.2) is 67.5 Å². The summed E-state index contributed by atoms with van der Waals surface area (Å²) in [6, 6.07) is 16.4. The molecule has 0 spiro atoms. The minimum absolute atomic E-state index is 0.129. The standard InChI is InChI=1S/C27H32N2O5S2/c1-19-14-29(20(2)16-30)27(31)25-11-7-6-10-24(25)23-9-5-4-8-21(23)17-34-26(19)15-28(3)36(32,33)22-12-13-35-18-22/h4-13,18-20,26,30H,14-17H2,1-3H3/t19-,20+,26+/m0/s1. The summed E-state index contributed by atoms with van der Waals surface area (Å²) in [5, 5.41) is 13.3. The van der Waals surface area contributed by atoms with Crippen LogP contribution in [0.3, 0.4) is 0 Å². The number of sulfonamides is 1. The molecule has 3 atom stereocenters. The lowest BCUT2D eigenvalue weighted by atomic mass is 9.94. The molecule has 0 unspecified atom stereocenters. The van der Waals surface area contributed by atoms with E-state index in [1.807, 2.05) is 62.4 Å². The van der Waals surface area contributed by atoms with E-state index < -0.39 is 22.2 Å². The van der Waals surface area contributed by atoms with E-state index in [1.165, 1.54) is 15.6 Å². The summed E-state index contributed by atoms with van der Waals surface area (Å²) >= 11 is 1.33. The average molecular weight is 529 g/mol. The highest BCUT2D eigenvalue weighted by Gasteiger charge is 2.32. The summed E-state index contributed by atoms with van der Waals surface area (Å²) in [5.41, 5.74) is 3.18. The van der Waals surface area contributed by atoms with Crippen LogP contribution in [0.25, 0.3) is 11.1 Å². The van der Waals surface area contributed by atoms with E-state index in [4.69, 9.17) is 4.74 Å². The number of fused-ring (bicyclic) bond motifs is 3. The van der Waals surface area contributed by atoms with E-state index in [0.717, 1.165) is 16.7 Å². The van der Waals surface area contributed by atoms with Crippen LogP contribution in [-0.2, 0) is 21.4 Å². The van der Waals surface area contributed by atoms with Gasteiger partial charge in [-0.25, -0.2) is 8.42 Å². The Labute approximate surface area is 217 Å². The predicted octanol–water partition coefficient (Wildman–Crippen LogP) is 4.09. The molecule has 9 heteroatoms. The average Bonchev–Trinajstić information content (AvgIpc) is 3.44. The van der Waals surface area contributed by atoms with Gasteiger partial charge in [-0.3, -0.25) is 4.79 Å². The maximum atomic E-state index is 13.8. The predicted molar refractivity (Wildman–Crippen MR) is 141 cm³/mol. The maximum Gasteiger partial charge on any atom is 0.254 e. The Morgan fingerprint density at radius 2 is 1.78 bits per heavy atom. The highest BCUT2D eigenvalue weighted by molar-refractivity contribution is 7.89. The number of thiophene rings is 1. The van der Waals surface area contributed by atoms with E-state index in [2.05, 4.69) is 0 Å². The van der Waals surface area contributed by atoms with Crippen molar-refractivity contribution >= 4 is 27.3 Å². The fourth-order valence-electron chi connectivity index (χ4n) is 4.48. The summed E-state index contributed by atoms with van der Waals surface area (Å²) in [6.45, 7) is 4.29. The Kier molecular flexibility index (Phi) is 8.27. The molecule has 7 nitrogen and oxygen atoms in total. The fourth-order valence-corrected chi connectivity index (χ4v) is 6.68. The van der Waals surface area contributed by atoms with Gasteiger partial charge in [0.1, 0.15) is 0 Å². The highest BCUT2D eigenvalue weighted by atomic mass is 32.2. The van der Waals surface area contributed by atoms with Gasteiger partial charge < -0.3 is 14.7 Å². The summed E-state index contributed by atoms with van der Waals surface area (Å²) < 4.78 is 33.9. The highest BCUT2D eigenvalue weighted by Crippen LogP contribution is 2.31. The third kappa shape index (κ3) is 5.40. The summed E-state index contributed by atoms with van der Waals surface area (Å²) in [5.74, 6) is -0.380. The van der Waals surface area contributed by atoms with Gasteiger partial charge in [0, 0.05) is 37.0 Å². The van der Waals surface area contributed by atoms with Gasteiger partial charge in [0.15, 0.2) is 0 Å². The number of carbonyl (C=O) groups is 1. The van der Waals surface area contributed by atoms with Crippen LogP contribution in [0.15, 0.2) is 70.3 Å². The number of likely N-dealkylation sites (N-methyl/N-ethyl adjacent to an activating group) is 1. The Morgan fingerprint density at radius 1 is 1.11 bits per heavy atom. The van der Waals surface area contributed by atoms with Crippen molar-refractivity contribution in [1.29, 1.82) is 0 Å². The van der Waals surface area contributed by atoms with E-state index in [9.17, 15) is 18.3 Å². The van der Waals surface area contributed by atoms with E-state index in [-0.39, 0.29) is 36.5 Å². The van der Waals surface area contributed by atoms with Gasteiger partial charge in [0.25, 0.3) is 5.91 Å². The zero-order valence-corrected chi connectivity index (χ0v) is 22.3. The second kappa shape index (κ2) is 11.2. The number of benzene rings is 2. The first-order valence-corrected chi connectivity index (χ1v) is 14.3. The molecule has 2 heterocycles. The van der Waals surface area contributed by atoms with Gasteiger partial charge in [-0.05, 0) is 41.1 Å². The molecule has 0 bridgehead atoms. The van der Waals surface area contributed by atoms with Crippen LogP contribution in [0.2, 0.25) is 0 Å². The molecule has 1 aliphatic heterocycles. The Balaban J connectivity index is 1.74. The van der Waals surface area contributed by atoms with Crippen LogP contribution in [0.4, 0.5) is 0 Å². The molecule has 192 valence electrons. The minimum atomic E-state index is -3.67. The molecular weight excluding hydrogens is 496 g/mol. The molecule has 3 aromatic rings. The lowest BCUT2D eigenvalue weighted by molar-refractivity contribution is -0.0146. The van der Waals surface area contributed by atoms with Crippen LogP contribution >= 0.6 is 11.3 Å². The molecule has 0 fully saturated rings. The number of hydrogen-bond acceptors (Lipinski definition) is 6. The van der Waals surface area contributed by atoms with Crippen molar-refractivity contribution < 1.29 is 23.1 Å². The van der Waals surface area contributed by atoms with Gasteiger partial charge in [-0.2, -0.15) is 15.6 Å². The SMILES string of the molecule is C[C@H](CO)N1C[C@H](C)[C@@H](CN(C)S(=O)(=O)c2ccsc2)OCc2ccccc2-c2ccccc2C1=O. The number of carbonyl (C=O) groups excluding carboxylic acids is 1. The third-order valence-corrected chi connectivity index (χ3v) is 9.39. The molecule has 0 saturated carbocycles. The number of ether oxygens (including phenoxy) is 1. The van der Waals surface area contributed by atoms with Gasteiger partial charge >= 0.3 is 0 Å². The number of hydrogen-bond donors (Lipinski definition) is 1. The zero-order valence-electron chi connectivity index (χ0n) is 20.7. The molecule has 1 amide bonds. The topological polar surface area (TPSA) is 87.2 Å². The Hall–Kier alpha value is -2.56. The quantitative estimate of drug-likeness (QED) is 0.521. The maximum absolute atomic E-state index is 13.8. The lowest BCUT2D eigenvalue weighted by Crippen LogP contribution is -2.47. The first kappa shape index (κ1) is 26.5. The van der Waals surface area contributed by atoms with Gasteiger partial charge in [0.05, 0.1) is 30.3 Å². The van der Waals surface area contributed by atoms with Gasteiger partial charge in [-0.1, -0.05) is 49.4 Å². The molecule has 1 aromatic heterocycles. The van der Waals surface area contributed by atoms with Crippen molar-refractivity contribution in [3.05, 3.63) is 76.5 Å². The molecule has 2 aromatic carbocycles. The van der Waals surface area contributed by atoms with Crippen molar-refractivity contribution in [3.8, 4) is 11.1 Å². The molecule has 1 aliphatic rings. The smallest absolute Gasteiger partial charge is 0.254 e. The van der Waals surface area contributed by atoms with Crippen LogP contribution in [0.1, 0.15) is 29.8 Å². The second-order valence-electron chi connectivity index (χ2n) is 9.26. The van der Waals surface area contributed by atoms with Crippen LogP contribution < -0.4 is 0 Å². The number of amides is 1. The summed E-state index contributed by atoms with van der Waals surface area (Å²) in [7, 11) is -2.12. The number of aliphatic hydroxyl groups is 1. The van der Waals surface area contributed by atoms with Crippen molar-refractivity contribution in [2.75, 3.05) is 26.7 Å². The first-order valence-electron chi connectivity index (χ1n) is 11.9. The molecule has 0 radical (unpaired) electrons. The molecule has 0 aliphatic carbocycles.